The molecule has 1 saturated heterocycles. The van der Waals surface area contributed by atoms with Crippen molar-refractivity contribution in [2.24, 2.45) is 0 Å². The minimum atomic E-state index is -0.651. The fourth-order valence-electron chi connectivity index (χ4n) is 3.72. The number of nitrogens with zero attached hydrogens (tertiary/aromatic N) is 2. The Bertz CT molecular complexity index is 1110. The van der Waals surface area contributed by atoms with Crippen LogP contribution in [0.2, 0.25) is 0 Å². The van der Waals surface area contributed by atoms with Gasteiger partial charge in [0.25, 0.3) is 5.91 Å². The molecule has 0 unspecified atom stereocenters. The average molecular weight is 508 g/mol. The Labute approximate surface area is 201 Å². The summed E-state index contributed by atoms with van der Waals surface area (Å²) >= 11 is 9.09. The molecular formula is C25H22BrN3O2S. The molecule has 1 aliphatic rings. The van der Waals surface area contributed by atoms with Crippen LogP contribution in [0.1, 0.15) is 12.0 Å². The summed E-state index contributed by atoms with van der Waals surface area (Å²) in [5.41, 5.74) is 2.55. The maximum absolute atomic E-state index is 13.4. The van der Waals surface area contributed by atoms with Crippen molar-refractivity contribution in [2.45, 2.75) is 18.9 Å². The van der Waals surface area contributed by atoms with Gasteiger partial charge in [-0.3, -0.25) is 14.5 Å². The first-order valence-corrected chi connectivity index (χ1v) is 11.5. The molecule has 2 amide bonds. The molecule has 1 aliphatic heterocycles. The van der Waals surface area contributed by atoms with Gasteiger partial charge in [0, 0.05) is 16.7 Å². The van der Waals surface area contributed by atoms with Gasteiger partial charge in [0.05, 0.1) is 12.1 Å². The van der Waals surface area contributed by atoms with Crippen LogP contribution in [0.4, 0.5) is 11.4 Å². The molecule has 3 aromatic carbocycles. The van der Waals surface area contributed by atoms with Gasteiger partial charge in [-0.25, -0.2) is 0 Å². The Hall–Kier alpha value is -3.03. The summed E-state index contributed by atoms with van der Waals surface area (Å²) in [6.45, 7) is 0.550. The Morgan fingerprint density at radius 2 is 1.56 bits per heavy atom. The van der Waals surface area contributed by atoms with Crippen LogP contribution in [-0.4, -0.2) is 34.4 Å². The van der Waals surface area contributed by atoms with Crippen LogP contribution >= 0.6 is 28.1 Å². The highest BCUT2D eigenvalue weighted by molar-refractivity contribution is 9.10. The van der Waals surface area contributed by atoms with Crippen LogP contribution < -0.4 is 10.2 Å². The van der Waals surface area contributed by atoms with E-state index in [2.05, 4.69) is 21.2 Å². The number of para-hydroxylation sites is 1. The van der Waals surface area contributed by atoms with Gasteiger partial charge in [0.1, 0.15) is 6.04 Å². The third kappa shape index (κ3) is 5.06. The number of nitrogens with one attached hydrogen (secondary N) is 1. The summed E-state index contributed by atoms with van der Waals surface area (Å²) in [6.07, 6.45) is 0.745. The number of halogens is 1. The highest BCUT2D eigenvalue weighted by Gasteiger charge is 2.43. The van der Waals surface area contributed by atoms with E-state index in [9.17, 15) is 9.59 Å². The number of hydrogen-bond acceptors (Lipinski definition) is 3. The van der Waals surface area contributed by atoms with Crippen molar-refractivity contribution in [3.63, 3.8) is 0 Å². The highest BCUT2D eigenvalue weighted by Crippen LogP contribution is 2.27. The predicted octanol–water partition coefficient (Wildman–Crippen LogP) is 5.02. The molecule has 0 bridgehead atoms. The predicted molar refractivity (Wildman–Crippen MR) is 135 cm³/mol. The summed E-state index contributed by atoms with van der Waals surface area (Å²) in [4.78, 5) is 29.6. The van der Waals surface area contributed by atoms with E-state index in [0.29, 0.717) is 23.0 Å². The van der Waals surface area contributed by atoms with E-state index >= 15 is 0 Å². The lowest BCUT2D eigenvalue weighted by Gasteiger charge is -2.24. The lowest BCUT2D eigenvalue weighted by Crippen LogP contribution is -2.39. The molecule has 1 atom stereocenters. The third-order valence-electron chi connectivity index (χ3n) is 5.32. The average Bonchev–Trinajstić information content (AvgIpc) is 3.04. The molecule has 0 saturated carbocycles. The van der Waals surface area contributed by atoms with Crippen LogP contribution in [-0.2, 0) is 16.0 Å². The SMILES string of the molecule is O=C(C[C@@H]1C(=O)N(c2ccccc2)C(=S)N1CCc1ccccc1)Nc1ccc(Br)cc1. The van der Waals surface area contributed by atoms with Crippen molar-refractivity contribution >= 4 is 56.4 Å². The molecule has 0 spiro atoms. The van der Waals surface area contributed by atoms with Gasteiger partial charge in [-0.15, -0.1) is 0 Å². The first-order valence-electron chi connectivity index (χ1n) is 10.3. The summed E-state index contributed by atoms with van der Waals surface area (Å²) in [5, 5.41) is 3.31. The van der Waals surface area contributed by atoms with E-state index in [1.165, 1.54) is 4.90 Å². The number of carbonyl (C=O) groups excluding carboxylic acids is 2. The second kappa shape index (κ2) is 10.1. The zero-order valence-corrected chi connectivity index (χ0v) is 19.7. The van der Waals surface area contributed by atoms with Crippen LogP contribution in [0.25, 0.3) is 0 Å². The Morgan fingerprint density at radius 1 is 0.938 bits per heavy atom. The molecule has 3 aromatic rings. The van der Waals surface area contributed by atoms with Gasteiger partial charge < -0.3 is 10.2 Å². The topological polar surface area (TPSA) is 52.7 Å². The number of hydrogen-bond donors (Lipinski definition) is 1. The number of amides is 2. The number of anilines is 2. The Balaban J connectivity index is 1.54. The van der Waals surface area contributed by atoms with Crippen LogP contribution in [0.5, 0.6) is 0 Å². The number of carbonyl (C=O) groups is 2. The standard InChI is InChI=1S/C25H22BrN3O2S/c26-19-11-13-20(14-12-19)27-23(30)17-22-24(31)29(21-9-5-2-6-10-21)25(32)28(22)16-15-18-7-3-1-4-8-18/h1-14,22H,15-17H2,(H,27,30)/t22-/m1/s1. The minimum Gasteiger partial charge on any atom is -0.336 e. The molecule has 162 valence electrons. The van der Waals surface area contributed by atoms with Gasteiger partial charge in [0.2, 0.25) is 5.91 Å². The molecule has 4 rings (SSSR count). The number of rotatable bonds is 7. The summed E-state index contributed by atoms with van der Waals surface area (Å²) < 4.78 is 0.928. The molecule has 0 aliphatic carbocycles. The molecule has 32 heavy (non-hydrogen) atoms. The lowest BCUT2D eigenvalue weighted by atomic mass is 10.1. The number of thiocarbonyl (C=S) groups is 1. The summed E-state index contributed by atoms with van der Waals surface area (Å²) in [7, 11) is 0. The van der Waals surface area contributed by atoms with Crippen LogP contribution in [0, 0.1) is 0 Å². The first kappa shape index (κ1) is 22.2. The largest absolute Gasteiger partial charge is 0.336 e. The summed E-state index contributed by atoms with van der Waals surface area (Å²) in [6, 6.07) is 26.1. The molecular weight excluding hydrogens is 486 g/mol. The van der Waals surface area contributed by atoms with E-state index in [4.69, 9.17) is 12.2 Å². The van der Waals surface area contributed by atoms with Crippen LogP contribution in [0.3, 0.4) is 0 Å². The van der Waals surface area contributed by atoms with E-state index in [1.54, 1.807) is 0 Å². The minimum absolute atomic E-state index is 0.0210. The zero-order valence-electron chi connectivity index (χ0n) is 17.3. The zero-order chi connectivity index (χ0) is 22.5. The Morgan fingerprint density at radius 3 is 2.22 bits per heavy atom. The number of benzene rings is 3. The van der Waals surface area contributed by atoms with E-state index in [1.807, 2.05) is 89.8 Å². The van der Waals surface area contributed by atoms with Crippen molar-refractivity contribution in [3.05, 3.63) is 95.0 Å². The Kier molecular flexibility index (Phi) is 6.97. The first-order chi connectivity index (χ1) is 15.5. The van der Waals surface area contributed by atoms with Gasteiger partial charge in [-0.1, -0.05) is 64.5 Å². The monoisotopic (exact) mass is 507 g/mol. The van der Waals surface area contributed by atoms with Gasteiger partial charge >= 0.3 is 0 Å². The highest BCUT2D eigenvalue weighted by atomic mass is 79.9. The fraction of sp³-hybridized carbons (Fsp3) is 0.160. The molecule has 1 heterocycles. The van der Waals surface area contributed by atoms with Gasteiger partial charge in [-0.2, -0.15) is 0 Å². The van der Waals surface area contributed by atoms with Crippen molar-refractivity contribution in [1.82, 2.24) is 4.90 Å². The van der Waals surface area contributed by atoms with E-state index in [0.717, 1.165) is 16.5 Å². The maximum atomic E-state index is 13.4. The van der Waals surface area contributed by atoms with Gasteiger partial charge in [-0.05, 0) is 60.6 Å². The third-order valence-corrected chi connectivity index (χ3v) is 6.27. The molecule has 0 radical (unpaired) electrons. The van der Waals surface area contributed by atoms with E-state index in [-0.39, 0.29) is 18.2 Å². The smallest absolute Gasteiger partial charge is 0.256 e. The van der Waals surface area contributed by atoms with Crippen molar-refractivity contribution in [1.29, 1.82) is 0 Å². The maximum Gasteiger partial charge on any atom is 0.256 e. The molecule has 5 nitrogen and oxygen atoms in total. The van der Waals surface area contributed by atoms with Crippen molar-refractivity contribution in [3.8, 4) is 0 Å². The van der Waals surface area contributed by atoms with E-state index < -0.39 is 6.04 Å². The second-order valence-corrected chi connectivity index (χ2v) is 8.78. The normalized spacial score (nSPS) is 15.8. The summed E-state index contributed by atoms with van der Waals surface area (Å²) in [5.74, 6) is -0.409. The molecule has 7 heteroatoms. The fourth-order valence-corrected chi connectivity index (χ4v) is 4.40. The second-order valence-electron chi connectivity index (χ2n) is 7.50. The lowest BCUT2D eigenvalue weighted by molar-refractivity contribution is -0.124. The molecule has 1 N–H and O–H groups in total. The molecule has 0 aromatic heterocycles. The van der Waals surface area contributed by atoms with Crippen LogP contribution in [0.15, 0.2) is 89.4 Å². The van der Waals surface area contributed by atoms with Gasteiger partial charge in [0.15, 0.2) is 5.11 Å². The quantitative estimate of drug-likeness (QED) is 0.456. The van der Waals surface area contributed by atoms with Crippen molar-refractivity contribution < 1.29 is 9.59 Å². The molecule has 1 fully saturated rings. The van der Waals surface area contributed by atoms with Crippen molar-refractivity contribution in [2.75, 3.05) is 16.8 Å².